The van der Waals surface area contributed by atoms with Crippen LogP contribution in [0.4, 0.5) is 5.69 Å². The Balaban J connectivity index is 2.05. The van der Waals surface area contributed by atoms with Gasteiger partial charge in [0, 0.05) is 18.6 Å². The third-order valence-electron chi connectivity index (χ3n) is 6.04. The molecule has 1 N–H and O–H groups in total. The summed E-state index contributed by atoms with van der Waals surface area (Å²) in [4.78, 5) is 27.7. The molecule has 0 spiro atoms. The number of carbonyl (C=O) groups excluding carboxylic acids is 2. The van der Waals surface area contributed by atoms with E-state index in [4.69, 9.17) is 16.3 Å². The van der Waals surface area contributed by atoms with Crippen LogP contribution in [0, 0.1) is 6.92 Å². The summed E-state index contributed by atoms with van der Waals surface area (Å²) in [5.41, 5.74) is 1.54. The van der Waals surface area contributed by atoms with Crippen molar-refractivity contribution < 1.29 is 22.7 Å². The van der Waals surface area contributed by atoms with Crippen molar-refractivity contribution >= 4 is 39.1 Å². The van der Waals surface area contributed by atoms with E-state index in [0.29, 0.717) is 16.3 Å². The van der Waals surface area contributed by atoms with Crippen LogP contribution in [0.25, 0.3) is 0 Å². The molecule has 0 saturated carbocycles. The van der Waals surface area contributed by atoms with Crippen molar-refractivity contribution in [2.45, 2.75) is 31.3 Å². The summed E-state index contributed by atoms with van der Waals surface area (Å²) in [6.07, 6.45) is 0. The average Bonchev–Trinajstić information content (AvgIpc) is 2.91. The molecule has 0 radical (unpaired) electrons. The van der Waals surface area contributed by atoms with Gasteiger partial charge in [-0.1, -0.05) is 48.0 Å². The first kappa shape index (κ1) is 28.0. The monoisotopic (exact) mass is 543 g/mol. The summed E-state index contributed by atoms with van der Waals surface area (Å²) in [5.74, 6) is -0.276. The Kier molecular flexibility index (Phi) is 9.18. The fourth-order valence-corrected chi connectivity index (χ4v) is 5.48. The van der Waals surface area contributed by atoms with Gasteiger partial charge in [-0.2, -0.15) is 0 Å². The SMILES string of the molecule is CNC(=O)[C@@H](C)N(Cc1ccc(OC)cc1)C(=O)CN(c1cccc(Cl)c1C)S(=O)(=O)c1ccccc1. The zero-order valence-electron chi connectivity index (χ0n) is 21.1. The largest absolute Gasteiger partial charge is 0.497 e. The Morgan fingerprint density at radius 1 is 1.00 bits per heavy atom. The van der Waals surface area contributed by atoms with Crippen molar-refractivity contribution in [2.75, 3.05) is 25.0 Å². The van der Waals surface area contributed by atoms with Gasteiger partial charge in [0.15, 0.2) is 0 Å². The third-order valence-corrected chi connectivity index (χ3v) is 8.23. The molecule has 0 heterocycles. The number of hydrogen-bond donors (Lipinski definition) is 1. The number of ether oxygens (including phenoxy) is 1. The van der Waals surface area contributed by atoms with E-state index >= 15 is 0 Å². The Bertz CT molecular complexity index is 1350. The Labute approximate surface area is 222 Å². The van der Waals surface area contributed by atoms with Gasteiger partial charge >= 0.3 is 0 Å². The summed E-state index contributed by atoms with van der Waals surface area (Å²) in [5, 5.41) is 2.93. The van der Waals surface area contributed by atoms with Crippen molar-refractivity contribution in [2.24, 2.45) is 0 Å². The van der Waals surface area contributed by atoms with E-state index in [9.17, 15) is 18.0 Å². The zero-order chi connectivity index (χ0) is 27.2. The van der Waals surface area contributed by atoms with Gasteiger partial charge in [-0.15, -0.1) is 0 Å². The summed E-state index contributed by atoms with van der Waals surface area (Å²) >= 11 is 6.32. The molecule has 0 unspecified atom stereocenters. The van der Waals surface area contributed by atoms with Gasteiger partial charge in [0.2, 0.25) is 11.8 Å². The first-order chi connectivity index (χ1) is 17.6. The number of rotatable bonds is 10. The number of hydrogen-bond acceptors (Lipinski definition) is 5. The minimum atomic E-state index is -4.15. The van der Waals surface area contributed by atoms with E-state index in [-0.39, 0.29) is 23.0 Å². The van der Waals surface area contributed by atoms with E-state index in [1.165, 1.54) is 24.1 Å². The van der Waals surface area contributed by atoms with Crippen LogP contribution in [0.3, 0.4) is 0 Å². The minimum absolute atomic E-state index is 0.0308. The first-order valence-corrected chi connectivity index (χ1v) is 13.4. The molecule has 8 nitrogen and oxygen atoms in total. The van der Waals surface area contributed by atoms with Crippen LogP contribution >= 0.6 is 11.6 Å². The van der Waals surface area contributed by atoms with Gasteiger partial charge in [0.05, 0.1) is 17.7 Å². The van der Waals surface area contributed by atoms with E-state index < -0.39 is 28.5 Å². The van der Waals surface area contributed by atoms with E-state index in [2.05, 4.69) is 5.32 Å². The van der Waals surface area contributed by atoms with Crippen molar-refractivity contribution in [1.29, 1.82) is 0 Å². The zero-order valence-corrected chi connectivity index (χ0v) is 22.7. The fraction of sp³-hybridized carbons (Fsp3) is 0.259. The van der Waals surface area contributed by atoms with Crippen molar-refractivity contribution in [3.8, 4) is 5.75 Å². The molecule has 0 saturated heterocycles. The molecular weight excluding hydrogens is 514 g/mol. The Hall–Kier alpha value is -3.56. The first-order valence-electron chi connectivity index (χ1n) is 11.6. The molecule has 10 heteroatoms. The number of methoxy groups -OCH3 is 1. The van der Waals surface area contributed by atoms with Crippen LogP contribution in [0.15, 0.2) is 77.7 Å². The molecule has 0 aromatic heterocycles. The normalized spacial score (nSPS) is 11.9. The Morgan fingerprint density at radius 3 is 2.24 bits per heavy atom. The summed E-state index contributed by atoms with van der Waals surface area (Å²) in [6.45, 7) is 2.85. The van der Waals surface area contributed by atoms with E-state index in [1.807, 2.05) is 0 Å². The number of benzene rings is 3. The molecule has 3 aromatic carbocycles. The Morgan fingerprint density at radius 2 is 1.65 bits per heavy atom. The van der Waals surface area contributed by atoms with Crippen molar-refractivity contribution in [3.63, 3.8) is 0 Å². The molecule has 0 bridgehead atoms. The molecular formula is C27H30ClN3O5S. The highest BCUT2D eigenvalue weighted by Crippen LogP contribution is 2.31. The average molecular weight is 544 g/mol. The van der Waals surface area contributed by atoms with Gasteiger partial charge in [-0.05, 0) is 61.4 Å². The van der Waals surface area contributed by atoms with Gasteiger partial charge in [0.25, 0.3) is 10.0 Å². The van der Waals surface area contributed by atoms with Gasteiger partial charge in [-0.3, -0.25) is 13.9 Å². The van der Waals surface area contributed by atoms with Crippen LogP contribution in [-0.4, -0.2) is 51.9 Å². The van der Waals surface area contributed by atoms with Crippen LogP contribution in [-0.2, 0) is 26.2 Å². The maximum absolute atomic E-state index is 13.8. The lowest BCUT2D eigenvalue weighted by Gasteiger charge is -2.32. The van der Waals surface area contributed by atoms with Gasteiger partial charge < -0.3 is 15.0 Å². The molecule has 1 atom stereocenters. The third kappa shape index (κ3) is 6.42. The maximum atomic E-state index is 13.8. The minimum Gasteiger partial charge on any atom is -0.497 e. The number of carbonyl (C=O) groups is 2. The summed E-state index contributed by atoms with van der Waals surface area (Å²) in [6, 6.07) is 19.0. The number of nitrogens with one attached hydrogen (secondary N) is 1. The molecule has 2 amide bonds. The molecule has 37 heavy (non-hydrogen) atoms. The van der Waals surface area contributed by atoms with Crippen LogP contribution < -0.4 is 14.4 Å². The highest BCUT2D eigenvalue weighted by Gasteiger charge is 2.33. The number of nitrogens with zero attached hydrogens (tertiary/aromatic N) is 2. The number of anilines is 1. The van der Waals surface area contributed by atoms with Gasteiger partial charge in [-0.25, -0.2) is 8.42 Å². The van der Waals surface area contributed by atoms with Crippen LogP contribution in [0.1, 0.15) is 18.1 Å². The number of sulfonamides is 1. The molecule has 3 rings (SSSR count). The van der Waals surface area contributed by atoms with Crippen molar-refractivity contribution in [1.82, 2.24) is 10.2 Å². The molecule has 3 aromatic rings. The van der Waals surface area contributed by atoms with E-state index in [1.54, 1.807) is 81.6 Å². The molecule has 0 aliphatic rings. The highest BCUT2D eigenvalue weighted by molar-refractivity contribution is 7.92. The lowest BCUT2D eigenvalue weighted by atomic mass is 10.1. The molecule has 0 fully saturated rings. The quantitative estimate of drug-likeness (QED) is 0.417. The number of halogens is 1. The van der Waals surface area contributed by atoms with Crippen LogP contribution in [0.2, 0.25) is 5.02 Å². The second-order valence-electron chi connectivity index (χ2n) is 8.37. The fourth-order valence-electron chi connectivity index (χ4n) is 3.82. The number of amides is 2. The molecule has 0 aliphatic carbocycles. The molecule has 196 valence electrons. The summed E-state index contributed by atoms with van der Waals surface area (Å²) < 4.78 is 33.8. The smallest absolute Gasteiger partial charge is 0.264 e. The van der Waals surface area contributed by atoms with E-state index in [0.717, 1.165) is 9.87 Å². The lowest BCUT2D eigenvalue weighted by Crippen LogP contribution is -2.50. The second-order valence-corrected chi connectivity index (χ2v) is 10.6. The summed E-state index contributed by atoms with van der Waals surface area (Å²) in [7, 11) is -1.11. The predicted molar refractivity (Wildman–Crippen MR) is 144 cm³/mol. The van der Waals surface area contributed by atoms with Gasteiger partial charge in [0.1, 0.15) is 18.3 Å². The second kappa shape index (κ2) is 12.1. The standard InChI is InChI=1S/C27H30ClN3O5S/c1-19-24(28)11-8-12-25(19)31(37(34,35)23-9-6-5-7-10-23)18-26(32)30(20(2)27(33)29-3)17-21-13-15-22(36-4)16-14-21/h5-16,20H,17-18H2,1-4H3,(H,29,33)/t20-/m1/s1. The lowest BCUT2D eigenvalue weighted by molar-refractivity contribution is -0.139. The maximum Gasteiger partial charge on any atom is 0.264 e. The highest BCUT2D eigenvalue weighted by atomic mass is 35.5. The predicted octanol–water partition coefficient (Wildman–Crippen LogP) is 4.02. The topological polar surface area (TPSA) is 96.0 Å². The molecule has 0 aliphatic heterocycles. The van der Waals surface area contributed by atoms with Crippen molar-refractivity contribution in [3.05, 3.63) is 88.9 Å². The van der Waals surface area contributed by atoms with Crippen LogP contribution in [0.5, 0.6) is 5.75 Å². The number of likely N-dealkylation sites (N-methyl/N-ethyl adjacent to an activating group) is 1.